The van der Waals surface area contributed by atoms with E-state index in [4.69, 9.17) is 18.0 Å². The van der Waals surface area contributed by atoms with Crippen molar-refractivity contribution in [2.45, 2.75) is 0 Å². The van der Waals surface area contributed by atoms with Gasteiger partial charge in [-0.15, -0.1) is 17.8 Å². The Labute approximate surface area is 92.2 Å². The van der Waals surface area contributed by atoms with Gasteiger partial charge < -0.3 is 0 Å². The highest BCUT2D eigenvalue weighted by Crippen LogP contribution is 2.30. The third-order valence-corrected chi connectivity index (χ3v) is 3.12. The Hall–Kier alpha value is -1.23. The standard InChI is InChI=1S/C12H7ClS/c1-2-10-7-9(8-14-10)11-5-3-4-6-12(11)13/h1,3-8H. The molecule has 0 amide bonds. The summed E-state index contributed by atoms with van der Waals surface area (Å²) in [7, 11) is 0. The van der Waals surface area contributed by atoms with Crippen LogP contribution in [-0.2, 0) is 0 Å². The minimum Gasteiger partial charge on any atom is -0.135 e. The maximum absolute atomic E-state index is 6.06. The van der Waals surface area contributed by atoms with E-state index >= 15 is 0 Å². The van der Waals surface area contributed by atoms with E-state index in [0.717, 1.165) is 21.0 Å². The summed E-state index contributed by atoms with van der Waals surface area (Å²) >= 11 is 7.62. The highest BCUT2D eigenvalue weighted by atomic mass is 35.5. The lowest BCUT2D eigenvalue weighted by atomic mass is 10.1. The van der Waals surface area contributed by atoms with Crippen LogP contribution < -0.4 is 0 Å². The molecule has 0 aliphatic rings. The largest absolute Gasteiger partial charge is 0.135 e. The zero-order chi connectivity index (χ0) is 9.97. The van der Waals surface area contributed by atoms with E-state index in [1.54, 1.807) is 11.3 Å². The van der Waals surface area contributed by atoms with Gasteiger partial charge in [-0.2, -0.15) is 0 Å². The predicted octanol–water partition coefficient (Wildman–Crippen LogP) is 4.05. The van der Waals surface area contributed by atoms with Gasteiger partial charge in [0.15, 0.2) is 0 Å². The molecule has 0 saturated heterocycles. The van der Waals surface area contributed by atoms with E-state index < -0.39 is 0 Å². The fraction of sp³-hybridized carbons (Fsp3) is 0. The minimum absolute atomic E-state index is 0.758. The number of thiophene rings is 1. The summed E-state index contributed by atoms with van der Waals surface area (Å²) < 4.78 is 0. The maximum Gasteiger partial charge on any atom is 0.0772 e. The minimum atomic E-state index is 0.758. The second-order valence-electron chi connectivity index (χ2n) is 2.82. The summed E-state index contributed by atoms with van der Waals surface area (Å²) in [5.74, 6) is 2.61. The van der Waals surface area contributed by atoms with Gasteiger partial charge in [-0.05, 0) is 23.1 Å². The number of terminal acetylenes is 1. The molecule has 1 aromatic heterocycles. The lowest BCUT2D eigenvalue weighted by molar-refractivity contribution is 1.67. The van der Waals surface area contributed by atoms with Crippen molar-refractivity contribution in [2.75, 3.05) is 0 Å². The maximum atomic E-state index is 6.06. The van der Waals surface area contributed by atoms with Crippen molar-refractivity contribution in [1.82, 2.24) is 0 Å². The van der Waals surface area contributed by atoms with E-state index in [1.807, 2.05) is 35.7 Å². The normalized spacial score (nSPS) is 9.71. The van der Waals surface area contributed by atoms with Gasteiger partial charge in [-0.1, -0.05) is 35.7 Å². The van der Waals surface area contributed by atoms with Crippen LogP contribution in [-0.4, -0.2) is 0 Å². The molecular formula is C12H7ClS. The summed E-state index contributed by atoms with van der Waals surface area (Å²) in [4.78, 5) is 0.930. The molecule has 68 valence electrons. The Kier molecular flexibility index (Phi) is 2.58. The smallest absolute Gasteiger partial charge is 0.0772 e. The van der Waals surface area contributed by atoms with Crippen LogP contribution in [0.5, 0.6) is 0 Å². The van der Waals surface area contributed by atoms with Crippen LogP contribution in [0.4, 0.5) is 0 Å². The van der Waals surface area contributed by atoms with Crippen LogP contribution in [0.2, 0.25) is 5.02 Å². The van der Waals surface area contributed by atoms with Gasteiger partial charge in [0.2, 0.25) is 0 Å². The third-order valence-electron chi connectivity index (χ3n) is 1.93. The van der Waals surface area contributed by atoms with E-state index in [1.165, 1.54) is 0 Å². The Morgan fingerprint density at radius 1 is 1.29 bits per heavy atom. The number of hydrogen-bond donors (Lipinski definition) is 0. The van der Waals surface area contributed by atoms with Crippen LogP contribution in [0, 0.1) is 12.3 Å². The average molecular weight is 219 g/mol. The van der Waals surface area contributed by atoms with Gasteiger partial charge in [0.05, 0.1) is 4.88 Å². The van der Waals surface area contributed by atoms with Crippen LogP contribution in [0.3, 0.4) is 0 Å². The molecule has 2 aromatic rings. The predicted molar refractivity (Wildman–Crippen MR) is 62.7 cm³/mol. The van der Waals surface area contributed by atoms with Crippen molar-refractivity contribution >= 4 is 22.9 Å². The topological polar surface area (TPSA) is 0 Å². The summed E-state index contributed by atoms with van der Waals surface area (Å²) in [5.41, 5.74) is 2.13. The summed E-state index contributed by atoms with van der Waals surface area (Å²) in [5, 5.41) is 2.78. The van der Waals surface area contributed by atoms with Gasteiger partial charge in [-0.25, -0.2) is 0 Å². The molecule has 0 atom stereocenters. The molecule has 0 saturated carbocycles. The van der Waals surface area contributed by atoms with E-state index in [-0.39, 0.29) is 0 Å². The fourth-order valence-corrected chi connectivity index (χ4v) is 2.21. The molecule has 0 aliphatic carbocycles. The van der Waals surface area contributed by atoms with Crippen LogP contribution in [0.1, 0.15) is 4.88 Å². The Morgan fingerprint density at radius 3 is 2.71 bits per heavy atom. The number of hydrogen-bond acceptors (Lipinski definition) is 1. The van der Waals surface area contributed by atoms with Crippen molar-refractivity contribution in [3.8, 4) is 23.5 Å². The zero-order valence-corrected chi connectivity index (χ0v) is 8.90. The van der Waals surface area contributed by atoms with Crippen molar-refractivity contribution < 1.29 is 0 Å². The van der Waals surface area contributed by atoms with E-state index in [9.17, 15) is 0 Å². The van der Waals surface area contributed by atoms with Crippen molar-refractivity contribution in [3.63, 3.8) is 0 Å². The van der Waals surface area contributed by atoms with Crippen LogP contribution in [0.15, 0.2) is 35.7 Å². The molecular weight excluding hydrogens is 212 g/mol. The monoisotopic (exact) mass is 218 g/mol. The SMILES string of the molecule is C#Cc1cc(-c2ccccc2Cl)cs1. The van der Waals surface area contributed by atoms with Crippen LogP contribution in [0.25, 0.3) is 11.1 Å². The second-order valence-corrected chi connectivity index (χ2v) is 4.14. The molecule has 2 heteroatoms. The van der Waals surface area contributed by atoms with E-state index in [2.05, 4.69) is 5.92 Å². The first-order valence-corrected chi connectivity index (χ1v) is 5.37. The van der Waals surface area contributed by atoms with Crippen molar-refractivity contribution in [1.29, 1.82) is 0 Å². The molecule has 1 aromatic carbocycles. The van der Waals surface area contributed by atoms with E-state index in [0.29, 0.717) is 0 Å². The number of halogens is 1. The van der Waals surface area contributed by atoms with Crippen molar-refractivity contribution in [2.24, 2.45) is 0 Å². The molecule has 0 N–H and O–H groups in total. The quantitative estimate of drug-likeness (QED) is 0.634. The lowest BCUT2D eigenvalue weighted by Gasteiger charge is -1.99. The molecule has 0 unspecified atom stereocenters. The van der Waals surface area contributed by atoms with Crippen LogP contribution >= 0.6 is 22.9 Å². The summed E-state index contributed by atoms with van der Waals surface area (Å²) in [6.07, 6.45) is 5.31. The molecule has 1 heterocycles. The Bertz CT molecular complexity index is 491. The van der Waals surface area contributed by atoms with Crippen molar-refractivity contribution in [3.05, 3.63) is 45.6 Å². The number of benzene rings is 1. The third kappa shape index (κ3) is 1.68. The molecule has 0 fully saturated rings. The fourth-order valence-electron chi connectivity index (χ4n) is 1.25. The first-order chi connectivity index (χ1) is 6.81. The molecule has 0 bridgehead atoms. The molecule has 14 heavy (non-hydrogen) atoms. The molecule has 0 nitrogen and oxygen atoms in total. The molecule has 0 aliphatic heterocycles. The first-order valence-electron chi connectivity index (χ1n) is 4.11. The number of rotatable bonds is 1. The first kappa shape index (κ1) is 9.33. The van der Waals surface area contributed by atoms with Gasteiger partial charge >= 0.3 is 0 Å². The Morgan fingerprint density at radius 2 is 2.07 bits per heavy atom. The second kappa shape index (κ2) is 3.88. The van der Waals surface area contributed by atoms with Gasteiger partial charge in [0.25, 0.3) is 0 Å². The molecule has 2 rings (SSSR count). The summed E-state index contributed by atoms with van der Waals surface area (Å²) in [6.45, 7) is 0. The molecule has 0 spiro atoms. The molecule has 0 radical (unpaired) electrons. The highest BCUT2D eigenvalue weighted by molar-refractivity contribution is 7.11. The Balaban J connectivity index is 2.51. The highest BCUT2D eigenvalue weighted by Gasteiger charge is 2.04. The van der Waals surface area contributed by atoms with Gasteiger partial charge in [0, 0.05) is 10.6 Å². The van der Waals surface area contributed by atoms with Gasteiger partial charge in [0.1, 0.15) is 0 Å². The summed E-state index contributed by atoms with van der Waals surface area (Å²) in [6, 6.07) is 9.73. The average Bonchev–Trinajstić information content (AvgIpc) is 2.67. The zero-order valence-electron chi connectivity index (χ0n) is 7.33. The van der Waals surface area contributed by atoms with Gasteiger partial charge in [-0.3, -0.25) is 0 Å². The lowest BCUT2D eigenvalue weighted by Crippen LogP contribution is -1.74.